The van der Waals surface area contributed by atoms with E-state index in [4.69, 9.17) is 17.3 Å². The molecule has 1 aliphatic heterocycles. The van der Waals surface area contributed by atoms with Crippen LogP contribution in [0.2, 0.25) is 5.02 Å². The van der Waals surface area contributed by atoms with Gasteiger partial charge >= 0.3 is 0 Å². The Morgan fingerprint density at radius 2 is 1.80 bits per heavy atom. The van der Waals surface area contributed by atoms with E-state index in [-0.39, 0.29) is 16.9 Å². The minimum Gasteiger partial charge on any atom is -0.329 e. The van der Waals surface area contributed by atoms with Crippen molar-refractivity contribution in [3.05, 3.63) is 34.6 Å². The third-order valence-electron chi connectivity index (χ3n) is 4.08. The molecule has 0 bridgehead atoms. The second-order valence-electron chi connectivity index (χ2n) is 5.56. The summed E-state index contributed by atoms with van der Waals surface area (Å²) in [6, 6.07) is 5.60. The Balaban J connectivity index is 2.12. The molecule has 1 saturated heterocycles. The Kier molecular flexibility index (Phi) is 5.38. The van der Waals surface area contributed by atoms with E-state index in [1.165, 1.54) is 0 Å². The highest BCUT2D eigenvalue weighted by atomic mass is 35.5. The molecule has 1 aromatic carbocycles. The average Bonchev–Trinajstić information content (AvgIpc) is 2.45. The van der Waals surface area contributed by atoms with Crippen LogP contribution in [0.15, 0.2) is 18.2 Å². The predicted molar refractivity (Wildman–Crippen MR) is 81.5 cm³/mol. The molecule has 1 unspecified atom stereocenters. The van der Waals surface area contributed by atoms with Crippen LogP contribution in [0.3, 0.4) is 0 Å². The van der Waals surface area contributed by atoms with Crippen molar-refractivity contribution in [2.45, 2.75) is 25.9 Å². The minimum atomic E-state index is -0.337. The van der Waals surface area contributed by atoms with Gasteiger partial charge in [0.15, 0.2) is 0 Å². The van der Waals surface area contributed by atoms with Crippen molar-refractivity contribution in [1.82, 2.24) is 9.80 Å². The van der Waals surface area contributed by atoms with Crippen molar-refractivity contribution in [2.75, 3.05) is 32.7 Å². The first-order valence-electron chi connectivity index (χ1n) is 7.16. The molecule has 20 heavy (non-hydrogen) atoms. The molecule has 2 rings (SSSR count). The molecule has 0 spiro atoms. The normalized spacial score (nSPS) is 19.5. The Morgan fingerprint density at radius 3 is 2.35 bits per heavy atom. The Labute approximate surface area is 125 Å². The van der Waals surface area contributed by atoms with Gasteiger partial charge in [0.25, 0.3) is 0 Å². The molecular formula is C15H23ClFN3. The second-order valence-corrected chi connectivity index (χ2v) is 5.97. The summed E-state index contributed by atoms with van der Waals surface area (Å²) >= 11 is 5.88. The van der Waals surface area contributed by atoms with Crippen LogP contribution in [-0.4, -0.2) is 48.6 Å². The number of nitrogens with two attached hydrogens (primary N) is 1. The Hall–Kier alpha value is -0.680. The van der Waals surface area contributed by atoms with Crippen LogP contribution < -0.4 is 5.73 Å². The molecule has 1 aliphatic rings. The van der Waals surface area contributed by atoms with Gasteiger partial charge < -0.3 is 5.73 Å². The first kappa shape index (κ1) is 15.7. The molecular weight excluding hydrogens is 277 g/mol. The lowest BCUT2D eigenvalue weighted by molar-refractivity contribution is 0.0791. The molecule has 2 N–H and O–H groups in total. The maximum absolute atomic E-state index is 14.2. The van der Waals surface area contributed by atoms with Crippen molar-refractivity contribution in [3.8, 4) is 0 Å². The SMILES string of the molecule is CC(C)N1CCN(C(CN)c2cccc(Cl)c2F)CC1. The number of nitrogens with zero attached hydrogens (tertiary/aromatic N) is 2. The molecule has 112 valence electrons. The second kappa shape index (κ2) is 6.85. The van der Waals surface area contributed by atoms with Crippen LogP contribution in [0.1, 0.15) is 25.5 Å². The maximum atomic E-state index is 14.2. The van der Waals surface area contributed by atoms with Crippen LogP contribution in [0.5, 0.6) is 0 Å². The largest absolute Gasteiger partial charge is 0.329 e. The highest BCUT2D eigenvalue weighted by Crippen LogP contribution is 2.27. The summed E-state index contributed by atoms with van der Waals surface area (Å²) in [5.41, 5.74) is 6.49. The average molecular weight is 300 g/mol. The third-order valence-corrected chi connectivity index (χ3v) is 4.38. The summed E-state index contributed by atoms with van der Waals surface area (Å²) in [6.07, 6.45) is 0. The van der Waals surface area contributed by atoms with Crippen LogP contribution in [0.25, 0.3) is 0 Å². The van der Waals surface area contributed by atoms with E-state index in [1.54, 1.807) is 18.2 Å². The molecule has 0 amide bonds. The summed E-state index contributed by atoms with van der Waals surface area (Å²) in [5.74, 6) is -0.337. The van der Waals surface area contributed by atoms with Crippen LogP contribution in [-0.2, 0) is 0 Å². The fourth-order valence-electron chi connectivity index (χ4n) is 2.82. The fraction of sp³-hybridized carbons (Fsp3) is 0.600. The van der Waals surface area contributed by atoms with E-state index >= 15 is 0 Å². The summed E-state index contributed by atoms with van der Waals surface area (Å²) < 4.78 is 14.2. The number of piperazine rings is 1. The van der Waals surface area contributed by atoms with Gasteiger partial charge in [0.2, 0.25) is 0 Å². The van der Waals surface area contributed by atoms with E-state index in [0.29, 0.717) is 18.2 Å². The summed E-state index contributed by atoms with van der Waals surface area (Å²) in [5, 5.41) is 0.168. The smallest absolute Gasteiger partial charge is 0.146 e. The van der Waals surface area contributed by atoms with Crippen molar-refractivity contribution < 1.29 is 4.39 Å². The lowest BCUT2D eigenvalue weighted by Gasteiger charge is -2.40. The predicted octanol–water partition coefficient (Wildman–Crippen LogP) is 2.50. The Bertz CT molecular complexity index is 445. The van der Waals surface area contributed by atoms with Crippen molar-refractivity contribution in [3.63, 3.8) is 0 Å². The number of benzene rings is 1. The molecule has 0 aromatic heterocycles. The van der Waals surface area contributed by atoms with Crippen molar-refractivity contribution in [2.24, 2.45) is 5.73 Å². The first-order chi connectivity index (χ1) is 9.54. The summed E-state index contributed by atoms with van der Waals surface area (Å²) in [7, 11) is 0. The molecule has 5 heteroatoms. The van der Waals surface area contributed by atoms with Gasteiger partial charge in [-0.1, -0.05) is 23.7 Å². The van der Waals surface area contributed by atoms with E-state index in [0.717, 1.165) is 26.2 Å². The van der Waals surface area contributed by atoms with Gasteiger partial charge in [0, 0.05) is 44.3 Å². The number of hydrogen-bond acceptors (Lipinski definition) is 3. The fourth-order valence-corrected chi connectivity index (χ4v) is 3.00. The molecule has 3 nitrogen and oxygen atoms in total. The van der Waals surface area contributed by atoms with Crippen molar-refractivity contribution in [1.29, 1.82) is 0 Å². The molecule has 1 heterocycles. The molecule has 0 saturated carbocycles. The van der Waals surface area contributed by atoms with Crippen LogP contribution in [0, 0.1) is 5.82 Å². The zero-order chi connectivity index (χ0) is 14.7. The van der Waals surface area contributed by atoms with Gasteiger partial charge in [0.1, 0.15) is 5.82 Å². The molecule has 0 radical (unpaired) electrons. The number of hydrogen-bond donors (Lipinski definition) is 1. The van der Waals surface area contributed by atoms with E-state index in [1.807, 2.05) is 0 Å². The Morgan fingerprint density at radius 1 is 1.20 bits per heavy atom. The van der Waals surface area contributed by atoms with Gasteiger partial charge in [0.05, 0.1) is 11.1 Å². The molecule has 1 fully saturated rings. The summed E-state index contributed by atoms with van der Waals surface area (Å²) in [4.78, 5) is 4.69. The zero-order valence-electron chi connectivity index (χ0n) is 12.1. The maximum Gasteiger partial charge on any atom is 0.146 e. The monoisotopic (exact) mass is 299 g/mol. The lowest BCUT2D eigenvalue weighted by Crippen LogP contribution is -2.51. The van der Waals surface area contributed by atoms with Crippen molar-refractivity contribution >= 4 is 11.6 Å². The highest BCUT2D eigenvalue weighted by Gasteiger charge is 2.27. The zero-order valence-corrected chi connectivity index (χ0v) is 12.9. The number of halogens is 2. The standard InChI is InChI=1S/C15H23ClFN3/c1-11(2)19-6-8-20(9-7-19)14(10-18)12-4-3-5-13(16)15(12)17/h3-5,11,14H,6-10,18H2,1-2H3. The number of rotatable bonds is 4. The van der Waals surface area contributed by atoms with Crippen LogP contribution in [0.4, 0.5) is 4.39 Å². The quantitative estimate of drug-likeness (QED) is 0.927. The van der Waals surface area contributed by atoms with Gasteiger partial charge in [-0.15, -0.1) is 0 Å². The third kappa shape index (κ3) is 3.31. The van der Waals surface area contributed by atoms with Gasteiger partial charge in [-0.2, -0.15) is 0 Å². The first-order valence-corrected chi connectivity index (χ1v) is 7.54. The minimum absolute atomic E-state index is 0.0944. The van der Waals surface area contributed by atoms with E-state index in [2.05, 4.69) is 23.6 Å². The molecule has 1 atom stereocenters. The van der Waals surface area contributed by atoms with Gasteiger partial charge in [-0.25, -0.2) is 4.39 Å². The lowest BCUT2D eigenvalue weighted by atomic mass is 10.0. The van der Waals surface area contributed by atoms with E-state index < -0.39 is 0 Å². The van der Waals surface area contributed by atoms with E-state index in [9.17, 15) is 4.39 Å². The molecule has 1 aromatic rings. The summed E-state index contributed by atoms with van der Waals surface area (Å²) in [6.45, 7) is 8.61. The van der Waals surface area contributed by atoms with Gasteiger partial charge in [-0.05, 0) is 19.9 Å². The van der Waals surface area contributed by atoms with Gasteiger partial charge in [-0.3, -0.25) is 9.80 Å². The topological polar surface area (TPSA) is 32.5 Å². The molecule has 0 aliphatic carbocycles. The highest BCUT2D eigenvalue weighted by molar-refractivity contribution is 6.30. The van der Waals surface area contributed by atoms with Crippen LogP contribution >= 0.6 is 11.6 Å².